The van der Waals surface area contributed by atoms with Crippen molar-refractivity contribution in [2.45, 2.75) is 6.92 Å². The first-order chi connectivity index (χ1) is 9.81. The Balaban J connectivity index is 1.97. The lowest BCUT2D eigenvalue weighted by Gasteiger charge is -2.01. The Hall–Kier alpha value is -2.61. The second-order valence-corrected chi connectivity index (χ2v) is 5.03. The number of nitrogens with zero attached hydrogens (tertiary/aromatic N) is 1. The van der Waals surface area contributed by atoms with E-state index in [1.165, 1.54) is 5.56 Å². The molecule has 0 fully saturated rings. The maximum Gasteiger partial charge on any atom is 0.136 e. The number of rotatable bonds is 1. The van der Waals surface area contributed by atoms with Gasteiger partial charge in [0.25, 0.3) is 0 Å². The van der Waals surface area contributed by atoms with E-state index < -0.39 is 0 Å². The van der Waals surface area contributed by atoms with Crippen LogP contribution < -0.4 is 0 Å². The minimum atomic E-state index is 0.909. The SMILES string of the molecule is Cc1ccnc(-c2ccc3c(c2)oc2ccccc23)c1. The van der Waals surface area contributed by atoms with Crippen molar-refractivity contribution in [3.05, 3.63) is 66.4 Å². The summed E-state index contributed by atoms with van der Waals surface area (Å²) in [4.78, 5) is 4.43. The maximum absolute atomic E-state index is 5.92. The van der Waals surface area contributed by atoms with Gasteiger partial charge in [0.1, 0.15) is 11.2 Å². The second-order valence-electron chi connectivity index (χ2n) is 5.03. The van der Waals surface area contributed by atoms with Gasteiger partial charge in [-0.1, -0.05) is 24.3 Å². The summed E-state index contributed by atoms with van der Waals surface area (Å²) in [6.07, 6.45) is 1.84. The largest absolute Gasteiger partial charge is 0.456 e. The number of furan rings is 1. The Morgan fingerprint density at radius 3 is 2.60 bits per heavy atom. The van der Waals surface area contributed by atoms with Crippen LogP contribution in [0, 0.1) is 6.92 Å². The van der Waals surface area contributed by atoms with Gasteiger partial charge >= 0.3 is 0 Å². The third kappa shape index (κ3) is 1.69. The molecule has 0 aliphatic carbocycles. The van der Waals surface area contributed by atoms with E-state index in [-0.39, 0.29) is 0 Å². The molecule has 4 rings (SSSR count). The predicted molar refractivity (Wildman–Crippen MR) is 81.7 cm³/mol. The molecule has 2 nitrogen and oxygen atoms in total. The number of para-hydroxylation sites is 1. The molecule has 0 aliphatic heterocycles. The normalized spacial score (nSPS) is 11.2. The summed E-state index contributed by atoms with van der Waals surface area (Å²) in [5.41, 5.74) is 5.11. The average Bonchev–Trinajstić information content (AvgIpc) is 2.85. The highest BCUT2D eigenvalue weighted by Crippen LogP contribution is 2.31. The van der Waals surface area contributed by atoms with Gasteiger partial charge in [-0.25, -0.2) is 0 Å². The molecule has 0 aliphatic rings. The lowest BCUT2D eigenvalue weighted by Crippen LogP contribution is -1.83. The number of benzene rings is 2. The molecule has 0 bridgehead atoms. The number of hydrogen-bond donors (Lipinski definition) is 0. The molecule has 0 amide bonds. The van der Waals surface area contributed by atoms with Gasteiger partial charge in [0.15, 0.2) is 0 Å². The van der Waals surface area contributed by atoms with Gasteiger partial charge in [-0.05, 0) is 42.8 Å². The summed E-state index contributed by atoms with van der Waals surface area (Å²) in [6, 6.07) is 18.5. The summed E-state index contributed by atoms with van der Waals surface area (Å²) in [6.45, 7) is 2.07. The summed E-state index contributed by atoms with van der Waals surface area (Å²) < 4.78 is 5.92. The predicted octanol–water partition coefficient (Wildman–Crippen LogP) is 4.96. The molecule has 0 saturated carbocycles. The minimum absolute atomic E-state index is 0.909. The molecule has 0 saturated heterocycles. The van der Waals surface area contributed by atoms with E-state index in [1.54, 1.807) is 0 Å². The van der Waals surface area contributed by atoms with E-state index in [1.807, 2.05) is 30.5 Å². The van der Waals surface area contributed by atoms with Crippen LogP contribution in [0.25, 0.3) is 33.2 Å². The van der Waals surface area contributed by atoms with Crippen molar-refractivity contribution < 1.29 is 4.42 Å². The molecule has 0 spiro atoms. The molecule has 96 valence electrons. The van der Waals surface area contributed by atoms with Crippen molar-refractivity contribution in [1.82, 2.24) is 4.98 Å². The highest BCUT2D eigenvalue weighted by atomic mass is 16.3. The third-order valence-electron chi connectivity index (χ3n) is 3.59. The van der Waals surface area contributed by atoms with Crippen LogP contribution in [0.2, 0.25) is 0 Å². The van der Waals surface area contributed by atoms with Gasteiger partial charge < -0.3 is 4.42 Å². The van der Waals surface area contributed by atoms with Crippen LogP contribution in [0.1, 0.15) is 5.56 Å². The Morgan fingerprint density at radius 2 is 1.70 bits per heavy atom. The molecule has 20 heavy (non-hydrogen) atoms. The minimum Gasteiger partial charge on any atom is -0.456 e. The standard InChI is InChI=1S/C18H13NO/c1-12-8-9-19-16(10-12)13-6-7-15-14-4-2-3-5-17(14)20-18(15)11-13/h2-11H,1H3. The quantitative estimate of drug-likeness (QED) is 0.483. The van der Waals surface area contributed by atoms with Crippen molar-refractivity contribution in [3.8, 4) is 11.3 Å². The first-order valence-electron chi connectivity index (χ1n) is 6.65. The number of aromatic nitrogens is 1. The van der Waals surface area contributed by atoms with Crippen molar-refractivity contribution in [3.63, 3.8) is 0 Å². The number of fused-ring (bicyclic) bond motifs is 3. The second kappa shape index (κ2) is 4.20. The van der Waals surface area contributed by atoms with Gasteiger partial charge in [0.05, 0.1) is 5.69 Å². The molecule has 0 unspecified atom stereocenters. The van der Waals surface area contributed by atoms with E-state index in [9.17, 15) is 0 Å². The Morgan fingerprint density at radius 1 is 0.850 bits per heavy atom. The van der Waals surface area contributed by atoms with Crippen molar-refractivity contribution in [2.24, 2.45) is 0 Å². The van der Waals surface area contributed by atoms with E-state index in [4.69, 9.17) is 4.42 Å². The zero-order valence-corrected chi connectivity index (χ0v) is 11.1. The van der Waals surface area contributed by atoms with Crippen LogP contribution in [0.5, 0.6) is 0 Å². The first kappa shape index (κ1) is 11.2. The fourth-order valence-corrected chi connectivity index (χ4v) is 2.58. The van der Waals surface area contributed by atoms with Crippen LogP contribution in [0.3, 0.4) is 0 Å². The fraction of sp³-hybridized carbons (Fsp3) is 0.0556. The third-order valence-corrected chi connectivity index (χ3v) is 3.59. The highest BCUT2D eigenvalue weighted by molar-refractivity contribution is 6.05. The Labute approximate surface area is 116 Å². The van der Waals surface area contributed by atoms with E-state index >= 15 is 0 Å². The fourth-order valence-electron chi connectivity index (χ4n) is 2.58. The van der Waals surface area contributed by atoms with Gasteiger partial charge in [-0.2, -0.15) is 0 Å². The molecule has 4 aromatic rings. The Bertz CT molecular complexity index is 921. The molecule has 0 radical (unpaired) electrons. The zero-order chi connectivity index (χ0) is 13.5. The molecule has 2 aromatic carbocycles. The molecular formula is C18H13NO. The topological polar surface area (TPSA) is 26.0 Å². The van der Waals surface area contributed by atoms with Crippen LogP contribution in [-0.2, 0) is 0 Å². The summed E-state index contributed by atoms with van der Waals surface area (Å²) in [5.74, 6) is 0. The lowest BCUT2D eigenvalue weighted by molar-refractivity contribution is 0.669. The molecule has 0 N–H and O–H groups in total. The van der Waals surface area contributed by atoms with Gasteiger partial charge in [0.2, 0.25) is 0 Å². The average molecular weight is 259 g/mol. The monoisotopic (exact) mass is 259 g/mol. The van der Waals surface area contributed by atoms with Crippen LogP contribution in [-0.4, -0.2) is 4.98 Å². The first-order valence-corrected chi connectivity index (χ1v) is 6.65. The molecule has 2 aromatic heterocycles. The summed E-state index contributed by atoms with van der Waals surface area (Å²) in [5, 5.41) is 2.31. The summed E-state index contributed by atoms with van der Waals surface area (Å²) in [7, 11) is 0. The maximum atomic E-state index is 5.92. The van der Waals surface area contributed by atoms with Crippen molar-refractivity contribution in [2.75, 3.05) is 0 Å². The molecule has 2 heterocycles. The van der Waals surface area contributed by atoms with E-state index in [2.05, 4.69) is 42.2 Å². The highest BCUT2D eigenvalue weighted by Gasteiger charge is 2.08. The van der Waals surface area contributed by atoms with Gasteiger partial charge in [-0.3, -0.25) is 4.98 Å². The van der Waals surface area contributed by atoms with Crippen molar-refractivity contribution >= 4 is 21.9 Å². The van der Waals surface area contributed by atoms with Gasteiger partial charge in [-0.15, -0.1) is 0 Å². The number of hydrogen-bond acceptors (Lipinski definition) is 2. The molecular weight excluding hydrogens is 246 g/mol. The smallest absolute Gasteiger partial charge is 0.136 e. The lowest BCUT2D eigenvalue weighted by atomic mass is 10.1. The van der Waals surface area contributed by atoms with Crippen LogP contribution in [0.15, 0.2) is 65.2 Å². The van der Waals surface area contributed by atoms with E-state index in [0.717, 1.165) is 33.2 Å². The molecule has 0 atom stereocenters. The van der Waals surface area contributed by atoms with Crippen LogP contribution in [0.4, 0.5) is 0 Å². The Kier molecular flexibility index (Phi) is 2.36. The van der Waals surface area contributed by atoms with E-state index in [0.29, 0.717) is 0 Å². The number of aryl methyl sites for hydroxylation is 1. The van der Waals surface area contributed by atoms with Gasteiger partial charge in [0, 0.05) is 22.5 Å². The summed E-state index contributed by atoms with van der Waals surface area (Å²) >= 11 is 0. The number of pyridine rings is 1. The molecule has 2 heteroatoms. The van der Waals surface area contributed by atoms with Crippen molar-refractivity contribution in [1.29, 1.82) is 0 Å². The van der Waals surface area contributed by atoms with Crippen LogP contribution >= 0.6 is 0 Å². The zero-order valence-electron chi connectivity index (χ0n) is 11.1.